The third-order valence-corrected chi connectivity index (χ3v) is 14.0. The molecule has 0 aromatic heterocycles. The molecule has 0 bridgehead atoms. The summed E-state index contributed by atoms with van der Waals surface area (Å²) in [6.45, 7) is 21.1. The van der Waals surface area contributed by atoms with Gasteiger partial charge in [0.15, 0.2) is 0 Å². The van der Waals surface area contributed by atoms with Gasteiger partial charge in [-0.05, 0) is 110 Å². The minimum absolute atomic E-state index is 0.00868. The van der Waals surface area contributed by atoms with Gasteiger partial charge in [-0.1, -0.05) is 41.5 Å². The fourth-order valence-corrected chi connectivity index (χ4v) is 10.8. The van der Waals surface area contributed by atoms with E-state index in [1.807, 2.05) is 56.2 Å². The van der Waals surface area contributed by atoms with Gasteiger partial charge in [0.05, 0.1) is 23.6 Å². The second-order valence-corrected chi connectivity index (χ2v) is 21.5. The number of allylic oxidation sites excluding steroid dienone is 8. The van der Waals surface area contributed by atoms with Crippen molar-refractivity contribution in [3.8, 4) is 12.1 Å². The minimum Gasteiger partial charge on any atom is -0.477 e. The Hall–Kier alpha value is -6.87. The second-order valence-electron chi connectivity index (χ2n) is 21.5. The first-order valence-corrected chi connectivity index (χ1v) is 24.1. The van der Waals surface area contributed by atoms with Crippen molar-refractivity contribution in [3.05, 3.63) is 78.8 Å². The van der Waals surface area contributed by atoms with Gasteiger partial charge in [0.1, 0.15) is 48.7 Å². The van der Waals surface area contributed by atoms with Crippen LogP contribution in [0, 0.1) is 51.4 Å². The van der Waals surface area contributed by atoms with Gasteiger partial charge in [0.2, 0.25) is 5.70 Å². The van der Waals surface area contributed by atoms with Crippen LogP contribution in [-0.4, -0.2) is 125 Å². The molecule has 6 aliphatic rings. The van der Waals surface area contributed by atoms with Crippen LogP contribution >= 0.6 is 0 Å². The molecule has 374 valence electrons. The number of carboxylic acids is 3. The van der Waals surface area contributed by atoms with E-state index >= 15 is 0 Å². The molecule has 3 fully saturated rings. The molecular weight excluding hydrogens is 901 g/mol. The topological polar surface area (TPSA) is 252 Å². The Bertz CT molecular complexity index is 2260. The molecule has 0 radical (unpaired) electrons. The van der Waals surface area contributed by atoms with Crippen LogP contribution in [0.4, 0.5) is 0 Å². The number of nitrogens with zero attached hydrogens (tertiary/aromatic N) is 6. The molecular formula is C52H64N6O12. The number of aliphatic carboxylic acids is 3. The zero-order valence-corrected chi connectivity index (χ0v) is 41.1. The van der Waals surface area contributed by atoms with Crippen LogP contribution in [0.5, 0.6) is 0 Å². The molecule has 0 saturated carbocycles. The average molecular weight is 965 g/mol. The van der Waals surface area contributed by atoms with E-state index in [0.717, 1.165) is 38.5 Å². The van der Waals surface area contributed by atoms with E-state index < -0.39 is 94.5 Å². The fraction of sp³-hybridized carbons (Fsp3) is 0.596. The molecule has 3 aliphatic heterocycles. The number of nitriles is 2. The molecule has 70 heavy (non-hydrogen) atoms. The monoisotopic (exact) mass is 964 g/mol. The minimum atomic E-state index is -1.66. The highest BCUT2D eigenvalue weighted by Gasteiger charge is 2.42. The number of carbonyl (C=O) groups is 6. The molecule has 18 nitrogen and oxygen atoms in total. The van der Waals surface area contributed by atoms with Crippen LogP contribution < -0.4 is 0 Å². The first-order valence-electron chi connectivity index (χ1n) is 24.1. The zero-order chi connectivity index (χ0) is 51.3. The Labute approximate surface area is 409 Å². The van der Waals surface area contributed by atoms with Crippen molar-refractivity contribution >= 4 is 35.8 Å². The molecule has 18 heteroatoms. The van der Waals surface area contributed by atoms with Crippen LogP contribution in [-0.2, 0) is 43.0 Å². The Balaban J connectivity index is 1.36. The summed E-state index contributed by atoms with van der Waals surface area (Å²) in [6, 6.07) is 4.27. The van der Waals surface area contributed by atoms with E-state index in [1.54, 1.807) is 0 Å². The van der Waals surface area contributed by atoms with Crippen molar-refractivity contribution in [2.24, 2.45) is 22.2 Å². The van der Waals surface area contributed by atoms with Gasteiger partial charge in [-0.25, -0.2) is 33.6 Å². The van der Waals surface area contributed by atoms with Gasteiger partial charge >= 0.3 is 35.8 Å². The standard InChI is InChI=1S/C52H64N6O12/c1-50(2)20-32(35(26-53)37(23-50)56-14-8-9-15-56)40(44(59)60)47(65)68-28-31(29-69-48(66)41(45(61)62)33-21-51(3,4)24-38(36(33)27-54)57-16-10-11-17-57)30-70-49(67)42(46(63)64)34-22-52(5,6)25-39(43(34)55-7)58-18-12-13-19-58/h31H,8-25,28-30H2,1-6H3,(H,59,60)(H,61,62)(H,63,64)/b40-32+,41-33+,42-34+. The Morgan fingerprint density at radius 2 is 0.814 bits per heavy atom. The lowest BCUT2D eigenvalue weighted by molar-refractivity contribution is -0.150. The molecule has 6 rings (SSSR count). The number of hydrogen-bond acceptors (Lipinski definition) is 14. The molecule has 0 unspecified atom stereocenters. The van der Waals surface area contributed by atoms with Crippen molar-refractivity contribution in [1.29, 1.82) is 10.5 Å². The van der Waals surface area contributed by atoms with E-state index in [-0.39, 0.29) is 52.8 Å². The number of likely N-dealkylation sites (tertiary alicyclic amines) is 3. The summed E-state index contributed by atoms with van der Waals surface area (Å²) < 4.78 is 16.8. The first kappa shape index (κ1) is 52.5. The molecule has 0 spiro atoms. The molecule has 3 N–H and O–H groups in total. The number of esters is 3. The van der Waals surface area contributed by atoms with Gasteiger partial charge in [-0.15, -0.1) is 0 Å². The maximum Gasteiger partial charge on any atom is 0.345 e. The Morgan fingerprint density at radius 1 is 0.529 bits per heavy atom. The summed E-state index contributed by atoms with van der Waals surface area (Å²) in [7, 11) is 0. The number of rotatable bonds is 15. The van der Waals surface area contributed by atoms with E-state index in [2.05, 4.69) is 17.0 Å². The normalized spacial score (nSPS) is 23.1. The van der Waals surface area contributed by atoms with E-state index in [1.165, 1.54) is 0 Å². The van der Waals surface area contributed by atoms with Crippen LogP contribution in [0.25, 0.3) is 4.85 Å². The largest absolute Gasteiger partial charge is 0.477 e. The average Bonchev–Trinajstić information content (AvgIpc) is 4.10. The van der Waals surface area contributed by atoms with Crippen LogP contribution in [0.3, 0.4) is 0 Å². The Morgan fingerprint density at radius 3 is 1.11 bits per heavy atom. The SMILES string of the molecule is [C-]#[N+]C1=C(N2CCCC2)CC(C)(C)C/C1=C(/C(=O)O)C(=O)OCC(COC(=O)/C(C(=O)O)=C1\CC(C)(C)CC(N2CCCC2)=C1C#N)COC(=O)/C(C(=O)O)=C1\CC(C)(C)CC(N2CCCC2)=C1C#N. The van der Waals surface area contributed by atoms with Crippen molar-refractivity contribution in [2.75, 3.05) is 59.1 Å². The van der Waals surface area contributed by atoms with E-state index in [0.29, 0.717) is 75.6 Å². The summed E-state index contributed by atoms with van der Waals surface area (Å²) in [6.07, 6.45) is 6.86. The van der Waals surface area contributed by atoms with Crippen molar-refractivity contribution in [2.45, 2.75) is 119 Å². The number of carboxylic acid groups (broad SMARTS) is 3. The predicted octanol–water partition coefficient (Wildman–Crippen LogP) is 6.81. The van der Waals surface area contributed by atoms with E-state index in [9.17, 15) is 54.6 Å². The summed E-state index contributed by atoms with van der Waals surface area (Å²) in [5.74, 6) is -10.3. The highest BCUT2D eigenvalue weighted by Crippen LogP contribution is 2.48. The van der Waals surface area contributed by atoms with Gasteiger partial charge in [-0.3, -0.25) is 0 Å². The molecule has 0 aromatic rings. The number of carbonyl (C=O) groups excluding carboxylic acids is 3. The van der Waals surface area contributed by atoms with Gasteiger partial charge < -0.3 is 44.2 Å². The summed E-state index contributed by atoms with van der Waals surface area (Å²) in [5.41, 5.74) is -1.97. The number of ether oxygens (including phenoxy) is 3. The molecule has 0 atom stereocenters. The Kier molecular flexibility index (Phi) is 16.1. The highest BCUT2D eigenvalue weighted by molar-refractivity contribution is 6.16. The smallest absolute Gasteiger partial charge is 0.345 e. The molecule has 3 aliphatic carbocycles. The van der Waals surface area contributed by atoms with Gasteiger partial charge in [0, 0.05) is 56.4 Å². The van der Waals surface area contributed by atoms with Crippen molar-refractivity contribution < 1.29 is 58.3 Å². The lowest BCUT2D eigenvalue weighted by atomic mass is 9.72. The summed E-state index contributed by atoms with van der Waals surface area (Å²) >= 11 is 0. The van der Waals surface area contributed by atoms with Crippen LogP contribution in [0.2, 0.25) is 0 Å². The molecule has 0 amide bonds. The third-order valence-electron chi connectivity index (χ3n) is 14.0. The third kappa shape index (κ3) is 11.8. The molecule has 3 heterocycles. The molecule has 0 aromatic carbocycles. The van der Waals surface area contributed by atoms with Gasteiger partial charge in [0.25, 0.3) is 0 Å². The summed E-state index contributed by atoms with van der Waals surface area (Å²) in [5, 5.41) is 52.4. The highest BCUT2D eigenvalue weighted by atomic mass is 16.6. The van der Waals surface area contributed by atoms with Crippen LogP contribution in [0.15, 0.2) is 67.4 Å². The van der Waals surface area contributed by atoms with Gasteiger partial charge in [-0.2, -0.15) is 10.5 Å². The summed E-state index contributed by atoms with van der Waals surface area (Å²) in [4.78, 5) is 90.9. The molecule has 3 saturated heterocycles. The first-order chi connectivity index (χ1) is 33.0. The maximum atomic E-state index is 14.0. The predicted molar refractivity (Wildman–Crippen MR) is 251 cm³/mol. The van der Waals surface area contributed by atoms with Crippen molar-refractivity contribution in [1.82, 2.24) is 14.7 Å². The maximum absolute atomic E-state index is 14.0. The second kappa shape index (κ2) is 21.4. The van der Waals surface area contributed by atoms with Crippen LogP contribution in [0.1, 0.15) is 119 Å². The fourth-order valence-electron chi connectivity index (χ4n) is 10.8. The quantitative estimate of drug-likeness (QED) is 0.0381. The lowest BCUT2D eigenvalue weighted by Crippen LogP contribution is -2.33. The lowest BCUT2D eigenvalue weighted by Gasteiger charge is -2.37. The van der Waals surface area contributed by atoms with E-state index in [4.69, 9.17) is 20.8 Å². The zero-order valence-electron chi connectivity index (χ0n) is 41.1. The number of hydrogen-bond donors (Lipinski definition) is 3. The van der Waals surface area contributed by atoms with Crippen molar-refractivity contribution in [3.63, 3.8) is 0 Å².